The summed E-state index contributed by atoms with van der Waals surface area (Å²) < 4.78 is 16.1. The van der Waals surface area contributed by atoms with Crippen LogP contribution < -0.4 is 9.47 Å². The zero-order valence-corrected chi connectivity index (χ0v) is 10.9. The van der Waals surface area contributed by atoms with E-state index in [0.29, 0.717) is 0 Å². The number of hydrogen-bond donors (Lipinski definition) is 0. The van der Waals surface area contributed by atoms with Gasteiger partial charge in [0.05, 0.1) is 26.9 Å². The van der Waals surface area contributed by atoms with E-state index in [1.54, 1.807) is 7.11 Å². The van der Waals surface area contributed by atoms with Gasteiger partial charge in [-0.2, -0.15) is 0 Å². The van der Waals surface area contributed by atoms with Crippen molar-refractivity contribution in [1.29, 1.82) is 0 Å². The number of ether oxygens (including phenoxy) is 3. The molecule has 1 aliphatic heterocycles. The lowest BCUT2D eigenvalue weighted by atomic mass is 10.3. The van der Waals surface area contributed by atoms with Crippen LogP contribution in [0.1, 0.15) is 6.42 Å². The van der Waals surface area contributed by atoms with Crippen LogP contribution >= 0.6 is 0 Å². The largest absolute Gasteiger partial charge is 0.497 e. The number of rotatable bonds is 6. The second kappa shape index (κ2) is 7.24. The maximum absolute atomic E-state index is 5.68. The fraction of sp³-hybridized carbons (Fsp3) is 0.571. The molecular formula is C14H21NO3. The molecule has 0 bridgehead atoms. The zero-order valence-electron chi connectivity index (χ0n) is 10.9. The van der Waals surface area contributed by atoms with Gasteiger partial charge in [0.15, 0.2) is 0 Å². The van der Waals surface area contributed by atoms with Crippen molar-refractivity contribution in [2.45, 2.75) is 6.42 Å². The van der Waals surface area contributed by atoms with E-state index in [4.69, 9.17) is 14.2 Å². The highest BCUT2D eigenvalue weighted by Crippen LogP contribution is 2.17. The highest BCUT2D eigenvalue weighted by Gasteiger charge is 2.09. The Kier molecular flexibility index (Phi) is 5.30. The highest BCUT2D eigenvalue weighted by molar-refractivity contribution is 5.31. The molecule has 1 aliphatic rings. The first kappa shape index (κ1) is 13.2. The number of hydrogen-bond acceptors (Lipinski definition) is 4. The van der Waals surface area contributed by atoms with E-state index in [1.165, 1.54) is 0 Å². The predicted molar refractivity (Wildman–Crippen MR) is 70.4 cm³/mol. The Bertz CT molecular complexity index is 333. The van der Waals surface area contributed by atoms with E-state index in [0.717, 1.165) is 57.4 Å². The fourth-order valence-corrected chi connectivity index (χ4v) is 1.97. The first-order valence-electron chi connectivity index (χ1n) is 6.45. The van der Waals surface area contributed by atoms with Gasteiger partial charge in [-0.25, -0.2) is 0 Å². The second-order valence-electron chi connectivity index (χ2n) is 4.33. The van der Waals surface area contributed by atoms with Crippen molar-refractivity contribution in [3.8, 4) is 11.5 Å². The minimum absolute atomic E-state index is 0.754. The summed E-state index contributed by atoms with van der Waals surface area (Å²) in [7, 11) is 1.66. The van der Waals surface area contributed by atoms with Crippen molar-refractivity contribution in [1.82, 2.24) is 4.90 Å². The molecule has 18 heavy (non-hydrogen) atoms. The second-order valence-corrected chi connectivity index (χ2v) is 4.33. The SMILES string of the molecule is COc1ccc(OCCCN2CCOCC2)cc1. The summed E-state index contributed by atoms with van der Waals surface area (Å²) in [6.45, 7) is 5.65. The van der Waals surface area contributed by atoms with Gasteiger partial charge in [-0.05, 0) is 30.7 Å². The molecule has 1 fully saturated rings. The molecule has 0 N–H and O–H groups in total. The summed E-state index contributed by atoms with van der Waals surface area (Å²) in [5.41, 5.74) is 0. The quantitative estimate of drug-likeness (QED) is 0.721. The van der Waals surface area contributed by atoms with Crippen LogP contribution in [0.25, 0.3) is 0 Å². The van der Waals surface area contributed by atoms with Crippen molar-refractivity contribution in [3.63, 3.8) is 0 Å². The van der Waals surface area contributed by atoms with E-state index in [-0.39, 0.29) is 0 Å². The molecule has 1 heterocycles. The third-order valence-corrected chi connectivity index (χ3v) is 3.05. The number of morpholine rings is 1. The van der Waals surface area contributed by atoms with Gasteiger partial charge in [0.1, 0.15) is 11.5 Å². The normalized spacial score (nSPS) is 16.5. The summed E-state index contributed by atoms with van der Waals surface area (Å²) in [5.74, 6) is 1.76. The van der Waals surface area contributed by atoms with Gasteiger partial charge in [0.25, 0.3) is 0 Å². The molecular weight excluding hydrogens is 230 g/mol. The number of benzene rings is 1. The maximum Gasteiger partial charge on any atom is 0.119 e. The number of nitrogens with zero attached hydrogens (tertiary/aromatic N) is 1. The molecule has 0 radical (unpaired) electrons. The predicted octanol–water partition coefficient (Wildman–Crippen LogP) is 1.80. The minimum Gasteiger partial charge on any atom is -0.497 e. The molecule has 0 atom stereocenters. The Morgan fingerprint density at radius 1 is 1.11 bits per heavy atom. The summed E-state index contributed by atoms with van der Waals surface area (Å²) in [4.78, 5) is 2.42. The average molecular weight is 251 g/mol. The molecule has 0 aromatic heterocycles. The Labute approximate surface area is 108 Å². The van der Waals surface area contributed by atoms with E-state index in [1.807, 2.05) is 24.3 Å². The molecule has 0 saturated carbocycles. The van der Waals surface area contributed by atoms with Gasteiger partial charge < -0.3 is 14.2 Å². The fourth-order valence-electron chi connectivity index (χ4n) is 1.97. The standard InChI is InChI=1S/C14H21NO3/c1-16-13-3-5-14(6-4-13)18-10-2-7-15-8-11-17-12-9-15/h3-6H,2,7-12H2,1H3. The molecule has 100 valence electrons. The third-order valence-electron chi connectivity index (χ3n) is 3.05. The number of methoxy groups -OCH3 is 1. The topological polar surface area (TPSA) is 30.9 Å². The first-order chi connectivity index (χ1) is 8.88. The summed E-state index contributed by atoms with van der Waals surface area (Å²) in [6.07, 6.45) is 1.05. The van der Waals surface area contributed by atoms with Crippen LogP contribution in [-0.4, -0.2) is 51.5 Å². The Balaban J connectivity index is 1.62. The van der Waals surface area contributed by atoms with Crippen molar-refractivity contribution in [2.75, 3.05) is 46.6 Å². The van der Waals surface area contributed by atoms with Gasteiger partial charge in [0, 0.05) is 19.6 Å². The van der Waals surface area contributed by atoms with E-state index >= 15 is 0 Å². The lowest BCUT2D eigenvalue weighted by Crippen LogP contribution is -2.37. The van der Waals surface area contributed by atoms with Crippen LogP contribution in [0.4, 0.5) is 0 Å². The van der Waals surface area contributed by atoms with Crippen LogP contribution in [0, 0.1) is 0 Å². The van der Waals surface area contributed by atoms with Gasteiger partial charge in [-0.3, -0.25) is 4.90 Å². The molecule has 4 heteroatoms. The highest BCUT2D eigenvalue weighted by atomic mass is 16.5. The molecule has 1 saturated heterocycles. The van der Waals surface area contributed by atoms with Crippen LogP contribution in [0.2, 0.25) is 0 Å². The van der Waals surface area contributed by atoms with Gasteiger partial charge in [-0.1, -0.05) is 0 Å². The van der Waals surface area contributed by atoms with E-state index < -0.39 is 0 Å². The van der Waals surface area contributed by atoms with Crippen molar-refractivity contribution >= 4 is 0 Å². The van der Waals surface area contributed by atoms with Crippen molar-refractivity contribution < 1.29 is 14.2 Å². The van der Waals surface area contributed by atoms with Crippen molar-refractivity contribution in [3.05, 3.63) is 24.3 Å². The van der Waals surface area contributed by atoms with Crippen molar-refractivity contribution in [2.24, 2.45) is 0 Å². The van der Waals surface area contributed by atoms with Gasteiger partial charge >= 0.3 is 0 Å². The Hall–Kier alpha value is -1.26. The molecule has 0 spiro atoms. The third kappa shape index (κ3) is 4.20. The smallest absolute Gasteiger partial charge is 0.119 e. The van der Waals surface area contributed by atoms with Gasteiger partial charge in [-0.15, -0.1) is 0 Å². The van der Waals surface area contributed by atoms with Gasteiger partial charge in [0.2, 0.25) is 0 Å². The van der Waals surface area contributed by atoms with E-state index in [2.05, 4.69) is 4.90 Å². The van der Waals surface area contributed by atoms with Crippen LogP contribution in [0.15, 0.2) is 24.3 Å². The molecule has 0 unspecified atom stereocenters. The van der Waals surface area contributed by atoms with E-state index in [9.17, 15) is 0 Å². The minimum atomic E-state index is 0.754. The lowest BCUT2D eigenvalue weighted by Gasteiger charge is -2.26. The molecule has 2 rings (SSSR count). The molecule has 4 nitrogen and oxygen atoms in total. The summed E-state index contributed by atoms with van der Waals surface area (Å²) in [5, 5.41) is 0. The zero-order chi connectivity index (χ0) is 12.6. The first-order valence-corrected chi connectivity index (χ1v) is 6.45. The Morgan fingerprint density at radius 3 is 2.44 bits per heavy atom. The maximum atomic E-state index is 5.68. The molecule has 0 aliphatic carbocycles. The molecule has 1 aromatic carbocycles. The van der Waals surface area contributed by atoms with Crippen LogP contribution in [-0.2, 0) is 4.74 Å². The summed E-state index contributed by atoms with van der Waals surface area (Å²) >= 11 is 0. The molecule has 0 amide bonds. The summed E-state index contributed by atoms with van der Waals surface area (Å²) in [6, 6.07) is 7.70. The average Bonchev–Trinajstić information content (AvgIpc) is 2.45. The lowest BCUT2D eigenvalue weighted by molar-refractivity contribution is 0.0358. The monoisotopic (exact) mass is 251 g/mol. The Morgan fingerprint density at radius 2 is 1.78 bits per heavy atom. The van der Waals surface area contributed by atoms with Crippen LogP contribution in [0.5, 0.6) is 11.5 Å². The van der Waals surface area contributed by atoms with Crippen LogP contribution in [0.3, 0.4) is 0 Å². The molecule has 1 aromatic rings.